The van der Waals surface area contributed by atoms with Gasteiger partial charge in [0.05, 0.1) is 11.3 Å². The molecule has 4 rings (SSSR count). The number of carbonyl (C=O) groups excluding carboxylic acids is 3. The number of amides is 3. The Morgan fingerprint density at radius 3 is 2.50 bits per heavy atom. The minimum atomic E-state index is -0.395. The Bertz CT molecular complexity index is 1190. The van der Waals surface area contributed by atoms with Crippen LogP contribution in [0.2, 0.25) is 0 Å². The molecule has 3 amide bonds. The summed E-state index contributed by atoms with van der Waals surface area (Å²) in [5, 5.41) is 8.27. The van der Waals surface area contributed by atoms with Gasteiger partial charge in [-0.15, -0.1) is 0 Å². The molecule has 3 N–H and O–H groups in total. The van der Waals surface area contributed by atoms with Gasteiger partial charge < -0.3 is 25.4 Å². The number of nitrogens with one attached hydrogen (secondary N) is 3. The van der Waals surface area contributed by atoms with Crippen molar-refractivity contribution in [2.75, 3.05) is 17.4 Å². The van der Waals surface area contributed by atoms with Crippen LogP contribution in [0.1, 0.15) is 33.2 Å². The molecule has 3 aromatic rings. The lowest BCUT2D eigenvalue weighted by Crippen LogP contribution is -2.25. The van der Waals surface area contributed by atoms with E-state index in [2.05, 4.69) is 16.0 Å². The monoisotopic (exact) mass is 431 g/mol. The molecule has 8 heteroatoms. The summed E-state index contributed by atoms with van der Waals surface area (Å²) in [7, 11) is 0. The van der Waals surface area contributed by atoms with E-state index < -0.39 is 5.91 Å². The molecule has 0 bridgehead atoms. The van der Waals surface area contributed by atoms with Crippen LogP contribution < -0.4 is 25.4 Å². The molecule has 0 radical (unpaired) electrons. The van der Waals surface area contributed by atoms with Crippen LogP contribution in [0.4, 0.5) is 11.4 Å². The van der Waals surface area contributed by atoms with Gasteiger partial charge in [-0.05, 0) is 48.0 Å². The molecule has 1 heterocycles. The van der Waals surface area contributed by atoms with Crippen molar-refractivity contribution in [3.05, 3.63) is 83.4 Å². The van der Waals surface area contributed by atoms with Crippen molar-refractivity contribution < 1.29 is 23.9 Å². The molecule has 0 atom stereocenters. The Hall–Kier alpha value is -4.33. The van der Waals surface area contributed by atoms with Crippen LogP contribution in [-0.2, 0) is 11.3 Å². The average molecular weight is 431 g/mol. The van der Waals surface area contributed by atoms with E-state index in [0.717, 1.165) is 5.56 Å². The predicted octanol–water partition coefficient (Wildman–Crippen LogP) is 3.56. The van der Waals surface area contributed by atoms with Gasteiger partial charge in [-0.25, -0.2) is 0 Å². The van der Waals surface area contributed by atoms with E-state index in [-0.39, 0.29) is 25.2 Å². The second-order valence-corrected chi connectivity index (χ2v) is 7.13. The molecule has 1 aliphatic rings. The summed E-state index contributed by atoms with van der Waals surface area (Å²) in [5.41, 5.74) is 2.44. The van der Waals surface area contributed by atoms with Gasteiger partial charge >= 0.3 is 0 Å². The van der Waals surface area contributed by atoms with Crippen molar-refractivity contribution in [1.29, 1.82) is 0 Å². The van der Waals surface area contributed by atoms with Gasteiger partial charge in [0.1, 0.15) is 0 Å². The Morgan fingerprint density at radius 1 is 0.844 bits per heavy atom. The highest BCUT2D eigenvalue weighted by Crippen LogP contribution is 2.32. The minimum absolute atomic E-state index is 0.186. The summed E-state index contributed by atoms with van der Waals surface area (Å²) in [6.45, 7) is 1.87. The molecule has 0 saturated carbocycles. The maximum absolute atomic E-state index is 12.8. The quantitative estimate of drug-likeness (QED) is 0.554. The zero-order valence-corrected chi connectivity index (χ0v) is 17.3. The van der Waals surface area contributed by atoms with E-state index in [0.29, 0.717) is 34.0 Å². The second-order valence-electron chi connectivity index (χ2n) is 7.13. The number of anilines is 2. The largest absolute Gasteiger partial charge is 0.454 e. The first-order chi connectivity index (χ1) is 15.5. The highest BCUT2D eigenvalue weighted by Gasteiger charge is 2.16. The van der Waals surface area contributed by atoms with Gasteiger partial charge in [0, 0.05) is 24.7 Å². The lowest BCUT2D eigenvalue weighted by molar-refractivity contribution is -0.114. The second kappa shape index (κ2) is 9.22. The predicted molar refractivity (Wildman–Crippen MR) is 119 cm³/mol. The number of fused-ring (bicyclic) bond motifs is 1. The topological polar surface area (TPSA) is 106 Å². The fourth-order valence-corrected chi connectivity index (χ4v) is 3.25. The van der Waals surface area contributed by atoms with Crippen LogP contribution in [0.15, 0.2) is 66.7 Å². The lowest BCUT2D eigenvalue weighted by Gasteiger charge is -2.12. The summed E-state index contributed by atoms with van der Waals surface area (Å²) in [5.74, 6) is 0.368. The molecule has 0 aliphatic carbocycles. The normalized spacial score (nSPS) is 11.5. The summed E-state index contributed by atoms with van der Waals surface area (Å²) in [6.07, 6.45) is 0. The Morgan fingerprint density at radius 2 is 1.66 bits per heavy atom. The first-order valence-electron chi connectivity index (χ1n) is 9.94. The van der Waals surface area contributed by atoms with E-state index >= 15 is 0 Å². The van der Waals surface area contributed by atoms with Crippen LogP contribution in [0, 0.1) is 0 Å². The number of benzene rings is 3. The van der Waals surface area contributed by atoms with Gasteiger partial charge in [0.25, 0.3) is 11.8 Å². The third-order valence-corrected chi connectivity index (χ3v) is 4.76. The van der Waals surface area contributed by atoms with E-state index in [4.69, 9.17) is 9.47 Å². The zero-order valence-electron chi connectivity index (χ0n) is 17.3. The number of para-hydroxylation sites is 1. The average Bonchev–Trinajstić information content (AvgIpc) is 3.25. The third-order valence-electron chi connectivity index (χ3n) is 4.76. The molecule has 3 aromatic carbocycles. The zero-order chi connectivity index (χ0) is 22.5. The van der Waals surface area contributed by atoms with Gasteiger partial charge in [-0.2, -0.15) is 0 Å². The van der Waals surface area contributed by atoms with Crippen LogP contribution in [-0.4, -0.2) is 24.5 Å². The Kier molecular flexibility index (Phi) is 6.03. The van der Waals surface area contributed by atoms with Crippen molar-refractivity contribution in [2.45, 2.75) is 13.5 Å². The summed E-state index contributed by atoms with van der Waals surface area (Å²) >= 11 is 0. The molecule has 0 aromatic heterocycles. The molecule has 0 saturated heterocycles. The van der Waals surface area contributed by atoms with E-state index in [1.54, 1.807) is 54.6 Å². The van der Waals surface area contributed by atoms with Gasteiger partial charge in [0.2, 0.25) is 12.7 Å². The SMILES string of the molecule is CC(=O)Nc1cccc(C(=O)Nc2ccccc2C(=O)NCc2ccc3c(c2)OCO3)c1. The van der Waals surface area contributed by atoms with E-state index in [9.17, 15) is 14.4 Å². The van der Waals surface area contributed by atoms with Gasteiger partial charge in [0.15, 0.2) is 11.5 Å². The molecule has 0 unspecified atom stereocenters. The molecule has 162 valence electrons. The molecule has 1 aliphatic heterocycles. The summed E-state index contributed by atoms with van der Waals surface area (Å²) in [4.78, 5) is 36.8. The van der Waals surface area contributed by atoms with Crippen molar-refractivity contribution in [1.82, 2.24) is 5.32 Å². The van der Waals surface area contributed by atoms with E-state index in [1.807, 2.05) is 12.1 Å². The molecular weight excluding hydrogens is 410 g/mol. The Labute approximate surface area is 184 Å². The van der Waals surface area contributed by atoms with Crippen LogP contribution >= 0.6 is 0 Å². The summed E-state index contributed by atoms with van der Waals surface area (Å²) in [6, 6.07) is 18.8. The van der Waals surface area contributed by atoms with Crippen molar-refractivity contribution in [2.24, 2.45) is 0 Å². The maximum atomic E-state index is 12.8. The maximum Gasteiger partial charge on any atom is 0.255 e. The molecule has 0 fully saturated rings. The minimum Gasteiger partial charge on any atom is -0.454 e. The number of ether oxygens (including phenoxy) is 2. The van der Waals surface area contributed by atoms with E-state index in [1.165, 1.54) is 6.92 Å². The van der Waals surface area contributed by atoms with Crippen molar-refractivity contribution in [3.8, 4) is 11.5 Å². The molecule has 8 nitrogen and oxygen atoms in total. The number of rotatable bonds is 6. The summed E-state index contributed by atoms with van der Waals surface area (Å²) < 4.78 is 10.7. The molecular formula is C24H21N3O5. The fourth-order valence-electron chi connectivity index (χ4n) is 3.25. The highest BCUT2D eigenvalue weighted by atomic mass is 16.7. The van der Waals surface area contributed by atoms with Gasteiger partial charge in [-0.1, -0.05) is 24.3 Å². The fraction of sp³-hybridized carbons (Fsp3) is 0.125. The third kappa shape index (κ3) is 4.86. The van der Waals surface area contributed by atoms with Crippen molar-refractivity contribution >= 4 is 29.1 Å². The standard InChI is InChI=1S/C24H21N3O5/c1-15(28)26-18-6-4-5-17(12-18)23(29)27-20-8-3-2-7-19(20)24(30)25-13-16-9-10-21-22(11-16)32-14-31-21/h2-12H,13-14H2,1H3,(H,25,30)(H,26,28)(H,27,29). The number of hydrogen-bond acceptors (Lipinski definition) is 5. The molecule has 32 heavy (non-hydrogen) atoms. The highest BCUT2D eigenvalue weighted by molar-refractivity contribution is 6.09. The van der Waals surface area contributed by atoms with Gasteiger partial charge in [-0.3, -0.25) is 14.4 Å². The van der Waals surface area contributed by atoms with Crippen LogP contribution in [0.25, 0.3) is 0 Å². The first kappa shape index (κ1) is 20.9. The van der Waals surface area contributed by atoms with Crippen LogP contribution in [0.3, 0.4) is 0 Å². The lowest BCUT2D eigenvalue weighted by atomic mass is 10.1. The first-order valence-corrected chi connectivity index (χ1v) is 9.94. The van der Waals surface area contributed by atoms with Crippen LogP contribution in [0.5, 0.6) is 11.5 Å². The Balaban J connectivity index is 1.44. The van der Waals surface area contributed by atoms with Crippen molar-refractivity contribution in [3.63, 3.8) is 0 Å². The smallest absolute Gasteiger partial charge is 0.255 e. The number of carbonyl (C=O) groups is 3. The molecule has 0 spiro atoms. The number of hydrogen-bond donors (Lipinski definition) is 3.